The first-order valence-electron chi connectivity index (χ1n) is 13.4. The highest BCUT2D eigenvalue weighted by Gasteiger charge is 2.42. The second-order valence-corrected chi connectivity index (χ2v) is 11.2. The molecule has 2 amide bonds. The first-order chi connectivity index (χ1) is 19.6. The van der Waals surface area contributed by atoms with E-state index in [9.17, 15) is 14.4 Å². The van der Waals surface area contributed by atoms with E-state index in [1.54, 1.807) is 25.1 Å². The number of hydrogen-bond donors (Lipinski definition) is 2. The third-order valence-corrected chi connectivity index (χ3v) is 8.60. The summed E-state index contributed by atoms with van der Waals surface area (Å²) in [4.78, 5) is 45.6. The van der Waals surface area contributed by atoms with E-state index in [1.165, 1.54) is 27.2 Å². The lowest BCUT2D eigenvalue weighted by molar-refractivity contribution is -0.136. The minimum absolute atomic E-state index is 0.0555. The minimum atomic E-state index is -3.35. The highest BCUT2D eigenvalue weighted by atomic mass is 32.1. The van der Waals surface area contributed by atoms with Crippen LogP contribution in [0.25, 0.3) is 16.1 Å². The Kier molecular flexibility index (Phi) is 8.27. The molecule has 11 heteroatoms. The average molecular weight is 581 g/mol. The summed E-state index contributed by atoms with van der Waals surface area (Å²) in [5.41, 5.74) is 1.44. The van der Waals surface area contributed by atoms with Crippen LogP contribution < -0.4 is 10.2 Å². The predicted octanol–water partition coefficient (Wildman–Crippen LogP) is 4.85. The quantitative estimate of drug-likeness (QED) is 0.404. The zero-order valence-corrected chi connectivity index (χ0v) is 23.3. The van der Waals surface area contributed by atoms with E-state index in [4.69, 9.17) is 5.11 Å². The monoisotopic (exact) mass is 580 g/mol. The Morgan fingerprint density at radius 1 is 1.07 bits per heavy atom. The second-order valence-electron chi connectivity index (χ2n) is 10.2. The van der Waals surface area contributed by atoms with Crippen molar-refractivity contribution in [1.29, 1.82) is 0 Å². The summed E-state index contributed by atoms with van der Waals surface area (Å²) in [5.74, 6) is -5.25. The minimum Gasteiger partial charge on any atom is -0.480 e. The number of carboxylic acids is 1. The van der Waals surface area contributed by atoms with Crippen LogP contribution in [0, 0.1) is 6.92 Å². The smallest absolute Gasteiger partial charge is 0.317 e. The standard InChI is InChI=1S/C30H30F2N4O4S/c1-19-27(41-28(34-19)20-7-3-2-4-8-20)29(40)36-16-13-30(31,32)23(22-9-5-6-10-24(22)36)17-25(37)35-14-11-21(12-15-35)33-18-26(38)39/h2-10,17,21,33H,11-16,18H2,1H3,(H,38,39). The summed E-state index contributed by atoms with van der Waals surface area (Å²) in [7, 11) is 0. The Hall–Kier alpha value is -3.96. The van der Waals surface area contributed by atoms with E-state index in [1.807, 2.05) is 30.3 Å². The lowest BCUT2D eigenvalue weighted by Gasteiger charge is -2.32. The number of piperidine rings is 1. The van der Waals surface area contributed by atoms with Gasteiger partial charge in [-0.25, -0.2) is 13.8 Å². The number of thiazole rings is 1. The molecule has 5 rings (SSSR count). The first kappa shape index (κ1) is 28.6. The SMILES string of the molecule is Cc1nc(-c2ccccc2)sc1C(=O)N1CCC(F)(F)C(=CC(=O)N2CCC(NCC(=O)O)CC2)c2ccccc21. The van der Waals surface area contributed by atoms with Crippen molar-refractivity contribution in [3.8, 4) is 10.6 Å². The van der Waals surface area contributed by atoms with Gasteiger partial charge in [-0.15, -0.1) is 11.3 Å². The van der Waals surface area contributed by atoms with Gasteiger partial charge in [0.1, 0.15) is 9.88 Å². The third kappa shape index (κ3) is 6.20. The molecule has 3 heterocycles. The number of likely N-dealkylation sites (tertiary alicyclic amines) is 1. The lowest BCUT2D eigenvalue weighted by Crippen LogP contribution is -2.45. The van der Waals surface area contributed by atoms with Crippen molar-refractivity contribution in [2.45, 2.75) is 38.2 Å². The molecular formula is C30H30F2N4O4S. The zero-order valence-electron chi connectivity index (χ0n) is 22.5. The van der Waals surface area contributed by atoms with Gasteiger partial charge in [0.25, 0.3) is 11.8 Å². The van der Waals surface area contributed by atoms with E-state index in [2.05, 4.69) is 10.3 Å². The molecule has 0 aliphatic carbocycles. The number of aryl methyl sites for hydroxylation is 1. The molecule has 2 aliphatic rings. The van der Waals surface area contributed by atoms with Crippen LogP contribution in [0.2, 0.25) is 0 Å². The van der Waals surface area contributed by atoms with Gasteiger partial charge < -0.3 is 20.2 Å². The number of aromatic nitrogens is 1. The summed E-state index contributed by atoms with van der Waals surface area (Å²) in [5, 5.41) is 12.5. The van der Waals surface area contributed by atoms with Crippen molar-refractivity contribution >= 4 is 40.4 Å². The average Bonchev–Trinajstić information content (AvgIpc) is 3.32. The number of carboxylic acid groups (broad SMARTS) is 1. The molecule has 0 spiro atoms. The number of amides is 2. The number of nitrogens with one attached hydrogen (secondary N) is 1. The van der Waals surface area contributed by atoms with E-state index < -0.39 is 35.7 Å². The van der Waals surface area contributed by atoms with Crippen LogP contribution in [0.3, 0.4) is 0 Å². The fourth-order valence-corrected chi connectivity index (χ4v) is 6.23. The number of hydrogen-bond acceptors (Lipinski definition) is 6. The largest absolute Gasteiger partial charge is 0.480 e. The summed E-state index contributed by atoms with van der Waals surface area (Å²) >= 11 is 1.23. The molecule has 41 heavy (non-hydrogen) atoms. The van der Waals surface area contributed by atoms with Crippen molar-refractivity contribution in [3.63, 3.8) is 0 Å². The Balaban J connectivity index is 1.41. The topological polar surface area (TPSA) is 103 Å². The number of allylic oxidation sites excluding steroid dienone is 1. The van der Waals surface area contributed by atoms with Crippen LogP contribution in [0.4, 0.5) is 14.5 Å². The first-order valence-corrected chi connectivity index (χ1v) is 14.2. The number of para-hydroxylation sites is 1. The number of halogens is 2. The Morgan fingerprint density at radius 2 is 1.76 bits per heavy atom. The Morgan fingerprint density at radius 3 is 2.46 bits per heavy atom. The van der Waals surface area contributed by atoms with Crippen LogP contribution in [0.5, 0.6) is 0 Å². The van der Waals surface area contributed by atoms with Gasteiger partial charge in [-0.05, 0) is 25.8 Å². The van der Waals surface area contributed by atoms with Crippen LogP contribution in [0.1, 0.15) is 40.2 Å². The van der Waals surface area contributed by atoms with Crippen molar-refractivity contribution in [3.05, 3.63) is 76.8 Å². The van der Waals surface area contributed by atoms with Gasteiger partial charge in [-0.1, -0.05) is 48.5 Å². The van der Waals surface area contributed by atoms with Crippen LogP contribution in [-0.2, 0) is 9.59 Å². The second kappa shape index (κ2) is 11.9. The number of nitrogens with zero attached hydrogens (tertiary/aromatic N) is 3. The summed E-state index contributed by atoms with van der Waals surface area (Å²) in [6.07, 6.45) is 1.41. The van der Waals surface area contributed by atoms with Gasteiger partial charge in [0, 0.05) is 54.9 Å². The summed E-state index contributed by atoms with van der Waals surface area (Å²) < 4.78 is 31.3. The molecule has 8 nitrogen and oxygen atoms in total. The van der Waals surface area contributed by atoms with Crippen molar-refractivity contribution in [1.82, 2.24) is 15.2 Å². The molecule has 2 aliphatic heterocycles. The molecule has 1 aromatic heterocycles. The van der Waals surface area contributed by atoms with Crippen molar-refractivity contribution in [2.75, 3.05) is 31.1 Å². The molecule has 0 radical (unpaired) electrons. The highest BCUT2D eigenvalue weighted by molar-refractivity contribution is 7.17. The molecule has 0 unspecified atom stereocenters. The molecule has 0 atom stereocenters. The number of anilines is 1. The van der Waals surface area contributed by atoms with Gasteiger partial charge in [-0.3, -0.25) is 14.4 Å². The molecule has 3 aromatic rings. The molecule has 2 N–H and O–H groups in total. The third-order valence-electron chi connectivity index (χ3n) is 7.40. The van der Waals surface area contributed by atoms with Crippen LogP contribution in [0.15, 0.2) is 60.7 Å². The molecule has 1 saturated heterocycles. The number of rotatable bonds is 6. The van der Waals surface area contributed by atoms with Crippen LogP contribution >= 0.6 is 11.3 Å². The van der Waals surface area contributed by atoms with Crippen molar-refractivity contribution < 1.29 is 28.3 Å². The maximum Gasteiger partial charge on any atom is 0.317 e. The van der Waals surface area contributed by atoms with Crippen molar-refractivity contribution in [2.24, 2.45) is 0 Å². The molecule has 0 saturated carbocycles. The molecule has 214 valence electrons. The van der Waals surface area contributed by atoms with Gasteiger partial charge in [0.15, 0.2) is 0 Å². The lowest BCUT2D eigenvalue weighted by atomic mass is 9.96. The number of carbonyl (C=O) groups excluding carboxylic acids is 2. The van der Waals surface area contributed by atoms with Crippen LogP contribution in [-0.4, -0.2) is 70.9 Å². The Labute approximate surface area is 240 Å². The number of carbonyl (C=O) groups is 3. The van der Waals surface area contributed by atoms with Gasteiger partial charge in [-0.2, -0.15) is 0 Å². The van der Waals surface area contributed by atoms with Gasteiger partial charge in [0.05, 0.1) is 17.9 Å². The van der Waals surface area contributed by atoms with E-state index >= 15 is 8.78 Å². The highest BCUT2D eigenvalue weighted by Crippen LogP contribution is 2.44. The maximum absolute atomic E-state index is 15.7. The summed E-state index contributed by atoms with van der Waals surface area (Å²) in [6, 6.07) is 15.9. The fraction of sp³-hybridized carbons (Fsp3) is 0.333. The molecule has 2 aromatic carbocycles. The van der Waals surface area contributed by atoms with Gasteiger partial charge >= 0.3 is 5.97 Å². The van der Waals surface area contributed by atoms with E-state index in [-0.39, 0.29) is 24.7 Å². The van der Waals surface area contributed by atoms with E-state index in [0.29, 0.717) is 47.2 Å². The number of alkyl halides is 2. The molecular weight excluding hydrogens is 550 g/mol. The zero-order chi connectivity index (χ0) is 29.1. The summed E-state index contributed by atoms with van der Waals surface area (Å²) in [6.45, 7) is 1.99. The number of fused-ring (bicyclic) bond motifs is 1. The maximum atomic E-state index is 15.7. The number of aliphatic carboxylic acids is 1. The fourth-order valence-electron chi connectivity index (χ4n) is 5.21. The molecule has 1 fully saturated rings. The molecule has 0 bridgehead atoms. The van der Waals surface area contributed by atoms with E-state index in [0.717, 1.165) is 11.6 Å². The normalized spacial score (nSPS) is 18.2. The number of benzene rings is 2. The predicted molar refractivity (Wildman–Crippen MR) is 153 cm³/mol. The Bertz CT molecular complexity index is 1480. The van der Waals surface area contributed by atoms with Gasteiger partial charge in [0.2, 0.25) is 5.91 Å².